The summed E-state index contributed by atoms with van der Waals surface area (Å²) in [5.74, 6) is 0.0266. The number of aromatic nitrogens is 1. The molecule has 0 bridgehead atoms. The fourth-order valence-electron chi connectivity index (χ4n) is 3.22. The van der Waals surface area contributed by atoms with E-state index in [0.717, 1.165) is 30.9 Å². The van der Waals surface area contributed by atoms with E-state index in [1.807, 2.05) is 66.6 Å². The van der Waals surface area contributed by atoms with Crippen LogP contribution in [0.4, 0.5) is 0 Å². The Balaban J connectivity index is 1.63. The second kappa shape index (κ2) is 7.76. The molecule has 0 N–H and O–H groups in total. The molecule has 1 aliphatic rings. The van der Waals surface area contributed by atoms with Gasteiger partial charge in [0.25, 0.3) is 5.91 Å². The average molecular weight is 339 g/mol. The van der Waals surface area contributed by atoms with E-state index in [9.17, 15) is 4.79 Å². The maximum atomic E-state index is 13.1. The van der Waals surface area contributed by atoms with Gasteiger partial charge in [0.15, 0.2) is 5.60 Å². The summed E-state index contributed by atoms with van der Waals surface area (Å²) in [7, 11) is 1.60. The standard InChI is InChI=1S/C20H25N3O2/c1-20(25-2,17-8-4-3-5-9-17)19(24)23-14-12-22(13-15-23)16-18-10-6-7-11-21-18/h3-11H,12-16H2,1-2H3. The van der Waals surface area contributed by atoms with Crippen LogP contribution in [0.1, 0.15) is 18.2 Å². The van der Waals surface area contributed by atoms with E-state index in [4.69, 9.17) is 4.74 Å². The van der Waals surface area contributed by atoms with E-state index in [0.29, 0.717) is 13.1 Å². The van der Waals surface area contributed by atoms with Gasteiger partial charge < -0.3 is 9.64 Å². The third-order valence-electron chi connectivity index (χ3n) is 4.91. The Morgan fingerprint density at radius 1 is 1.08 bits per heavy atom. The molecule has 5 nitrogen and oxygen atoms in total. The van der Waals surface area contributed by atoms with Crippen LogP contribution in [-0.2, 0) is 21.7 Å². The molecule has 1 unspecified atom stereocenters. The quantitative estimate of drug-likeness (QED) is 0.838. The first-order valence-corrected chi connectivity index (χ1v) is 8.66. The molecule has 0 saturated carbocycles. The second-order valence-corrected chi connectivity index (χ2v) is 6.49. The van der Waals surface area contributed by atoms with Crippen LogP contribution >= 0.6 is 0 Å². The van der Waals surface area contributed by atoms with Crippen molar-refractivity contribution in [2.45, 2.75) is 19.1 Å². The fraction of sp³-hybridized carbons (Fsp3) is 0.400. The van der Waals surface area contributed by atoms with E-state index in [2.05, 4.69) is 9.88 Å². The average Bonchev–Trinajstić information content (AvgIpc) is 2.69. The van der Waals surface area contributed by atoms with E-state index in [1.165, 1.54) is 0 Å². The Hall–Kier alpha value is -2.24. The highest BCUT2D eigenvalue weighted by molar-refractivity contribution is 5.86. The highest BCUT2D eigenvalue weighted by atomic mass is 16.5. The Morgan fingerprint density at radius 3 is 2.36 bits per heavy atom. The number of hydrogen-bond donors (Lipinski definition) is 0. The molecule has 25 heavy (non-hydrogen) atoms. The molecule has 0 aliphatic carbocycles. The summed E-state index contributed by atoms with van der Waals surface area (Å²) in [6.07, 6.45) is 1.82. The molecule has 1 aromatic heterocycles. The largest absolute Gasteiger partial charge is 0.364 e. The van der Waals surface area contributed by atoms with Crippen molar-refractivity contribution in [1.29, 1.82) is 0 Å². The first-order chi connectivity index (χ1) is 12.1. The van der Waals surface area contributed by atoms with Crippen LogP contribution in [0.15, 0.2) is 54.7 Å². The lowest BCUT2D eigenvalue weighted by Gasteiger charge is -2.39. The number of methoxy groups -OCH3 is 1. The minimum absolute atomic E-state index is 0.0266. The minimum atomic E-state index is -0.940. The van der Waals surface area contributed by atoms with Crippen molar-refractivity contribution in [3.05, 3.63) is 66.0 Å². The van der Waals surface area contributed by atoms with Crippen molar-refractivity contribution in [2.24, 2.45) is 0 Å². The molecule has 1 aliphatic heterocycles. The summed E-state index contributed by atoms with van der Waals surface area (Å²) in [5.41, 5.74) is 1.01. The predicted molar refractivity (Wildman–Crippen MR) is 96.9 cm³/mol. The molecule has 1 atom stereocenters. The number of amides is 1. The van der Waals surface area contributed by atoms with Crippen LogP contribution in [0.2, 0.25) is 0 Å². The first kappa shape index (κ1) is 17.6. The van der Waals surface area contributed by atoms with Crippen molar-refractivity contribution in [3.8, 4) is 0 Å². The molecule has 1 saturated heterocycles. The number of carbonyl (C=O) groups is 1. The van der Waals surface area contributed by atoms with Crippen molar-refractivity contribution >= 4 is 5.91 Å². The van der Waals surface area contributed by atoms with Gasteiger partial charge in [0.1, 0.15) is 0 Å². The van der Waals surface area contributed by atoms with E-state index in [1.54, 1.807) is 7.11 Å². The third-order valence-corrected chi connectivity index (χ3v) is 4.91. The summed E-state index contributed by atoms with van der Waals surface area (Å²) < 4.78 is 5.65. The Labute approximate surface area is 149 Å². The number of pyridine rings is 1. The van der Waals surface area contributed by atoms with Gasteiger partial charge in [0.2, 0.25) is 0 Å². The highest BCUT2D eigenvalue weighted by Crippen LogP contribution is 2.27. The molecule has 2 aromatic rings. The lowest BCUT2D eigenvalue weighted by Crippen LogP contribution is -2.54. The lowest BCUT2D eigenvalue weighted by molar-refractivity contribution is -0.156. The summed E-state index contributed by atoms with van der Waals surface area (Å²) >= 11 is 0. The zero-order valence-corrected chi connectivity index (χ0v) is 14.9. The van der Waals surface area contributed by atoms with E-state index in [-0.39, 0.29) is 5.91 Å². The van der Waals surface area contributed by atoms with Gasteiger partial charge in [-0.05, 0) is 24.6 Å². The molecule has 5 heteroatoms. The Bertz CT molecular complexity index is 685. The van der Waals surface area contributed by atoms with Crippen LogP contribution in [-0.4, -0.2) is 54.0 Å². The van der Waals surface area contributed by atoms with Crippen LogP contribution in [0, 0.1) is 0 Å². The molecule has 132 valence electrons. The van der Waals surface area contributed by atoms with Crippen LogP contribution < -0.4 is 0 Å². The monoisotopic (exact) mass is 339 g/mol. The molecule has 0 radical (unpaired) electrons. The highest BCUT2D eigenvalue weighted by Gasteiger charge is 2.39. The Morgan fingerprint density at radius 2 is 1.76 bits per heavy atom. The summed E-state index contributed by atoms with van der Waals surface area (Å²) in [6.45, 7) is 5.77. The smallest absolute Gasteiger partial charge is 0.259 e. The van der Waals surface area contributed by atoms with E-state index < -0.39 is 5.60 Å². The maximum Gasteiger partial charge on any atom is 0.259 e. The number of ether oxygens (including phenoxy) is 1. The summed E-state index contributed by atoms with van der Waals surface area (Å²) in [4.78, 5) is 21.7. The fourth-order valence-corrected chi connectivity index (χ4v) is 3.22. The third kappa shape index (κ3) is 3.89. The van der Waals surface area contributed by atoms with Crippen LogP contribution in [0.25, 0.3) is 0 Å². The molecule has 3 rings (SSSR count). The molecular formula is C20H25N3O2. The SMILES string of the molecule is COC(C)(C(=O)N1CCN(Cc2ccccn2)CC1)c1ccccc1. The van der Waals surface area contributed by atoms with E-state index >= 15 is 0 Å². The predicted octanol–water partition coefficient (Wildman–Crippen LogP) is 2.29. The normalized spacial score (nSPS) is 17.9. The van der Waals surface area contributed by atoms with Gasteiger partial charge in [-0.3, -0.25) is 14.7 Å². The number of nitrogens with zero attached hydrogens (tertiary/aromatic N) is 3. The molecule has 1 amide bonds. The van der Waals surface area contributed by atoms with Crippen molar-refractivity contribution < 1.29 is 9.53 Å². The summed E-state index contributed by atoms with van der Waals surface area (Å²) in [6, 6.07) is 15.7. The van der Waals surface area contributed by atoms with Gasteiger partial charge in [-0.25, -0.2) is 0 Å². The molecule has 1 fully saturated rings. The van der Waals surface area contributed by atoms with Gasteiger partial charge in [-0.15, -0.1) is 0 Å². The maximum absolute atomic E-state index is 13.1. The lowest BCUT2D eigenvalue weighted by atomic mass is 9.93. The van der Waals surface area contributed by atoms with Gasteiger partial charge in [0, 0.05) is 46.0 Å². The number of piperazine rings is 1. The molecule has 2 heterocycles. The summed E-state index contributed by atoms with van der Waals surface area (Å²) in [5, 5.41) is 0. The molecule has 0 spiro atoms. The molecular weight excluding hydrogens is 314 g/mol. The van der Waals surface area contributed by atoms with Crippen molar-refractivity contribution in [3.63, 3.8) is 0 Å². The number of carbonyl (C=O) groups excluding carboxylic acids is 1. The van der Waals surface area contributed by atoms with Crippen molar-refractivity contribution in [1.82, 2.24) is 14.8 Å². The second-order valence-electron chi connectivity index (χ2n) is 6.49. The van der Waals surface area contributed by atoms with Gasteiger partial charge >= 0.3 is 0 Å². The zero-order valence-electron chi connectivity index (χ0n) is 14.9. The number of rotatable bonds is 5. The zero-order chi connectivity index (χ0) is 17.7. The number of benzene rings is 1. The topological polar surface area (TPSA) is 45.7 Å². The van der Waals surface area contributed by atoms with Gasteiger partial charge in [0.05, 0.1) is 5.69 Å². The minimum Gasteiger partial charge on any atom is -0.364 e. The van der Waals surface area contributed by atoms with Crippen molar-refractivity contribution in [2.75, 3.05) is 33.3 Å². The van der Waals surface area contributed by atoms with Gasteiger partial charge in [-0.2, -0.15) is 0 Å². The first-order valence-electron chi connectivity index (χ1n) is 8.66. The molecule has 1 aromatic carbocycles. The van der Waals surface area contributed by atoms with Crippen LogP contribution in [0.5, 0.6) is 0 Å². The Kier molecular flexibility index (Phi) is 5.46. The number of hydrogen-bond acceptors (Lipinski definition) is 4. The van der Waals surface area contributed by atoms with Crippen LogP contribution in [0.3, 0.4) is 0 Å². The van der Waals surface area contributed by atoms with Gasteiger partial charge in [-0.1, -0.05) is 36.4 Å².